The van der Waals surface area contributed by atoms with Crippen molar-refractivity contribution in [3.05, 3.63) is 23.8 Å². The van der Waals surface area contributed by atoms with E-state index in [0.29, 0.717) is 17.1 Å². The van der Waals surface area contributed by atoms with E-state index in [0.717, 1.165) is 0 Å². The van der Waals surface area contributed by atoms with Crippen LogP contribution >= 0.6 is 0 Å². The van der Waals surface area contributed by atoms with Crippen molar-refractivity contribution in [2.45, 2.75) is 13.0 Å². The van der Waals surface area contributed by atoms with E-state index in [1.54, 1.807) is 32.2 Å². The Morgan fingerprint density at radius 3 is 2.65 bits per heavy atom. The SMILES string of the molecule is COc1ccc(C(=O)N[C@@H](C)CO)c(OC)c1. The molecular weight excluding hydrogens is 222 g/mol. The van der Waals surface area contributed by atoms with Gasteiger partial charge in [-0.1, -0.05) is 0 Å². The number of amides is 1. The Kier molecular flexibility index (Phi) is 4.78. The molecule has 0 aliphatic rings. The summed E-state index contributed by atoms with van der Waals surface area (Å²) in [6.45, 7) is 1.61. The van der Waals surface area contributed by atoms with Crippen LogP contribution < -0.4 is 14.8 Å². The minimum absolute atomic E-state index is 0.107. The lowest BCUT2D eigenvalue weighted by atomic mass is 10.1. The summed E-state index contributed by atoms with van der Waals surface area (Å²) < 4.78 is 10.2. The van der Waals surface area contributed by atoms with Crippen molar-refractivity contribution in [1.29, 1.82) is 0 Å². The van der Waals surface area contributed by atoms with Crippen LogP contribution in [-0.2, 0) is 0 Å². The highest BCUT2D eigenvalue weighted by molar-refractivity contribution is 5.97. The molecule has 94 valence electrons. The maximum atomic E-state index is 11.9. The molecule has 1 rings (SSSR count). The number of aliphatic hydroxyl groups is 1. The van der Waals surface area contributed by atoms with Crippen molar-refractivity contribution in [2.75, 3.05) is 20.8 Å². The molecule has 2 N–H and O–H groups in total. The van der Waals surface area contributed by atoms with Gasteiger partial charge in [0.25, 0.3) is 5.91 Å². The van der Waals surface area contributed by atoms with Crippen molar-refractivity contribution in [3.8, 4) is 11.5 Å². The van der Waals surface area contributed by atoms with Crippen LogP contribution in [0.2, 0.25) is 0 Å². The third-order valence-corrected chi connectivity index (χ3v) is 2.30. The number of aliphatic hydroxyl groups excluding tert-OH is 1. The molecule has 0 fully saturated rings. The molecule has 0 saturated heterocycles. The van der Waals surface area contributed by atoms with Gasteiger partial charge in [-0.2, -0.15) is 0 Å². The zero-order chi connectivity index (χ0) is 12.8. The number of carbonyl (C=O) groups is 1. The largest absolute Gasteiger partial charge is 0.497 e. The van der Waals surface area contributed by atoms with Gasteiger partial charge in [0.05, 0.1) is 26.4 Å². The van der Waals surface area contributed by atoms with E-state index in [9.17, 15) is 4.79 Å². The number of hydrogen-bond acceptors (Lipinski definition) is 4. The fraction of sp³-hybridized carbons (Fsp3) is 0.417. The molecule has 0 radical (unpaired) electrons. The molecule has 0 unspecified atom stereocenters. The molecule has 1 amide bonds. The number of methoxy groups -OCH3 is 2. The number of nitrogens with one attached hydrogen (secondary N) is 1. The molecule has 0 bridgehead atoms. The van der Waals surface area contributed by atoms with Gasteiger partial charge < -0.3 is 19.9 Å². The fourth-order valence-electron chi connectivity index (χ4n) is 1.33. The van der Waals surface area contributed by atoms with E-state index in [1.807, 2.05) is 0 Å². The van der Waals surface area contributed by atoms with E-state index in [2.05, 4.69) is 5.32 Å². The molecule has 5 heteroatoms. The molecule has 0 spiro atoms. The first kappa shape index (κ1) is 13.3. The highest BCUT2D eigenvalue weighted by Gasteiger charge is 2.14. The lowest BCUT2D eigenvalue weighted by Crippen LogP contribution is -2.35. The monoisotopic (exact) mass is 239 g/mol. The molecule has 1 aromatic rings. The van der Waals surface area contributed by atoms with E-state index < -0.39 is 0 Å². The van der Waals surface area contributed by atoms with Crippen LogP contribution in [0.1, 0.15) is 17.3 Å². The average Bonchev–Trinajstić information content (AvgIpc) is 2.37. The molecule has 0 aromatic heterocycles. The van der Waals surface area contributed by atoms with E-state index in [4.69, 9.17) is 14.6 Å². The second-order valence-corrected chi connectivity index (χ2v) is 3.62. The Morgan fingerprint density at radius 2 is 2.12 bits per heavy atom. The predicted molar refractivity (Wildman–Crippen MR) is 63.6 cm³/mol. The van der Waals surface area contributed by atoms with Crippen LogP contribution in [0.5, 0.6) is 11.5 Å². The maximum Gasteiger partial charge on any atom is 0.255 e. The van der Waals surface area contributed by atoms with E-state index in [1.165, 1.54) is 7.11 Å². The van der Waals surface area contributed by atoms with Crippen molar-refractivity contribution >= 4 is 5.91 Å². The lowest BCUT2D eigenvalue weighted by Gasteiger charge is -2.13. The Bertz CT molecular complexity index is 392. The van der Waals surface area contributed by atoms with Crippen LogP contribution in [0.25, 0.3) is 0 Å². The van der Waals surface area contributed by atoms with Gasteiger partial charge in [-0.3, -0.25) is 4.79 Å². The Balaban J connectivity index is 2.93. The molecule has 17 heavy (non-hydrogen) atoms. The zero-order valence-electron chi connectivity index (χ0n) is 10.2. The Morgan fingerprint density at radius 1 is 1.41 bits per heavy atom. The first-order chi connectivity index (χ1) is 8.12. The average molecular weight is 239 g/mol. The van der Waals surface area contributed by atoms with Gasteiger partial charge >= 0.3 is 0 Å². The standard InChI is InChI=1S/C12H17NO4/c1-8(7-14)13-12(15)10-5-4-9(16-2)6-11(10)17-3/h4-6,8,14H,7H2,1-3H3,(H,13,15)/t8-/m0/s1. The lowest BCUT2D eigenvalue weighted by molar-refractivity contribution is 0.0919. The summed E-state index contributed by atoms with van der Waals surface area (Å²) in [6.07, 6.45) is 0. The summed E-state index contributed by atoms with van der Waals surface area (Å²) in [7, 11) is 3.03. The van der Waals surface area contributed by atoms with E-state index in [-0.39, 0.29) is 18.6 Å². The number of benzene rings is 1. The molecule has 1 atom stereocenters. The number of ether oxygens (including phenoxy) is 2. The van der Waals surface area contributed by atoms with Crippen molar-refractivity contribution in [3.63, 3.8) is 0 Å². The van der Waals surface area contributed by atoms with Gasteiger partial charge in [0, 0.05) is 12.1 Å². The maximum absolute atomic E-state index is 11.9. The first-order valence-corrected chi connectivity index (χ1v) is 5.26. The highest BCUT2D eigenvalue weighted by atomic mass is 16.5. The summed E-state index contributed by atoms with van der Waals surface area (Å²) in [5.41, 5.74) is 0.411. The van der Waals surface area contributed by atoms with Crippen LogP contribution in [0.4, 0.5) is 0 Å². The molecule has 0 aliphatic heterocycles. The van der Waals surface area contributed by atoms with E-state index >= 15 is 0 Å². The summed E-state index contributed by atoms with van der Waals surface area (Å²) in [5.74, 6) is 0.770. The topological polar surface area (TPSA) is 67.8 Å². The van der Waals surface area contributed by atoms with Crippen molar-refractivity contribution in [1.82, 2.24) is 5.32 Å². The van der Waals surface area contributed by atoms with Crippen molar-refractivity contribution in [2.24, 2.45) is 0 Å². The number of hydrogen-bond donors (Lipinski definition) is 2. The quantitative estimate of drug-likeness (QED) is 0.798. The van der Waals surface area contributed by atoms with Crippen LogP contribution in [0.15, 0.2) is 18.2 Å². The van der Waals surface area contributed by atoms with Gasteiger partial charge in [0.15, 0.2) is 0 Å². The van der Waals surface area contributed by atoms with Gasteiger partial charge in [0.1, 0.15) is 11.5 Å². The first-order valence-electron chi connectivity index (χ1n) is 5.26. The Hall–Kier alpha value is -1.75. The second kappa shape index (κ2) is 6.10. The minimum Gasteiger partial charge on any atom is -0.497 e. The number of rotatable bonds is 5. The van der Waals surface area contributed by atoms with Crippen LogP contribution in [0, 0.1) is 0 Å². The fourth-order valence-corrected chi connectivity index (χ4v) is 1.33. The molecule has 5 nitrogen and oxygen atoms in total. The third-order valence-electron chi connectivity index (χ3n) is 2.30. The normalized spacial score (nSPS) is 11.8. The summed E-state index contributed by atoms with van der Waals surface area (Å²) in [6, 6.07) is 4.64. The molecule has 0 saturated carbocycles. The highest BCUT2D eigenvalue weighted by Crippen LogP contribution is 2.24. The van der Waals surface area contributed by atoms with Crippen molar-refractivity contribution < 1.29 is 19.4 Å². The van der Waals surface area contributed by atoms with Crippen LogP contribution in [-0.4, -0.2) is 37.9 Å². The third kappa shape index (κ3) is 3.35. The van der Waals surface area contributed by atoms with Gasteiger partial charge in [0.2, 0.25) is 0 Å². The predicted octanol–water partition coefficient (Wildman–Crippen LogP) is 0.814. The zero-order valence-corrected chi connectivity index (χ0v) is 10.2. The number of carbonyl (C=O) groups excluding carboxylic acids is 1. The molecule has 0 heterocycles. The summed E-state index contributed by atoms with van der Waals surface area (Å²) >= 11 is 0. The molecule has 0 aliphatic carbocycles. The summed E-state index contributed by atoms with van der Waals surface area (Å²) in [5, 5.41) is 11.5. The summed E-state index contributed by atoms with van der Waals surface area (Å²) in [4.78, 5) is 11.9. The molecule has 1 aromatic carbocycles. The van der Waals surface area contributed by atoms with Crippen LogP contribution in [0.3, 0.4) is 0 Å². The smallest absolute Gasteiger partial charge is 0.255 e. The van der Waals surface area contributed by atoms with Gasteiger partial charge in [-0.15, -0.1) is 0 Å². The second-order valence-electron chi connectivity index (χ2n) is 3.62. The minimum atomic E-state index is -0.297. The Labute approximate surface area is 100 Å². The van der Waals surface area contributed by atoms with Gasteiger partial charge in [-0.25, -0.2) is 0 Å². The molecular formula is C12H17NO4. The van der Waals surface area contributed by atoms with Gasteiger partial charge in [-0.05, 0) is 19.1 Å².